The van der Waals surface area contributed by atoms with Gasteiger partial charge in [-0.05, 0) is 39.1 Å². The lowest BCUT2D eigenvalue weighted by Crippen LogP contribution is -2.42. The largest absolute Gasteiger partial charge is 0.356 e. The van der Waals surface area contributed by atoms with Crippen molar-refractivity contribution in [3.05, 3.63) is 12.7 Å². The van der Waals surface area contributed by atoms with Crippen molar-refractivity contribution in [3.8, 4) is 0 Å². The summed E-state index contributed by atoms with van der Waals surface area (Å²) in [5, 5.41) is 5.29. The summed E-state index contributed by atoms with van der Waals surface area (Å²) in [5.41, 5.74) is 0. The lowest BCUT2D eigenvalue weighted by Gasteiger charge is -2.29. The first kappa shape index (κ1) is 15.6. The molecule has 0 aromatic heterocycles. The zero-order chi connectivity index (χ0) is 13.3. The maximum Gasteiger partial charge on any atom is 0.243 e. The van der Waals surface area contributed by atoms with E-state index in [-0.39, 0.29) is 11.8 Å². The van der Waals surface area contributed by atoms with Crippen molar-refractivity contribution in [3.63, 3.8) is 0 Å². The molecule has 1 heterocycles. The Morgan fingerprint density at radius 3 is 2.18 bits per heavy atom. The van der Waals surface area contributed by atoms with Gasteiger partial charge in [-0.15, -0.1) is 0 Å². The van der Waals surface area contributed by atoms with E-state index >= 15 is 0 Å². The number of rotatable bonds is 2. The molecule has 2 amide bonds. The van der Waals surface area contributed by atoms with Gasteiger partial charge in [0.15, 0.2) is 0 Å². The summed E-state index contributed by atoms with van der Waals surface area (Å²) in [6.07, 6.45) is 3.41. The number of piperidine rings is 1. The molecule has 1 saturated heterocycles. The molecule has 1 rings (SSSR count). The number of carbonyl (C=O) groups is 2. The van der Waals surface area contributed by atoms with Crippen molar-refractivity contribution in [2.45, 2.75) is 25.8 Å². The molecule has 0 atom stereocenters. The number of carbonyl (C=O) groups excluding carboxylic acids is 2. The normalized spacial score (nSPS) is 16.4. The van der Waals surface area contributed by atoms with Crippen molar-refractivity contribution in [1.29, 1.82) is 0 Å². The predicted octanol–water partition coefficient (Wildman–Crippen LogP) is 0.135. The molecule has 98 valence electrons. The van der Waals surface area contributed by atoms with Gasteiger partial charge in [0.1, 0.15) is 0 Å². The zero-order valence-electron chi connectivity index (χ0n) is 11.0. The highest BCUT2D eigenvalue weighted by Gasteiger charge is 2.16. The van der Waals surface area contributed by atoms with Gasteiger partial charge in [0.25, 0.3) is 0 Å². The van der Waals surface area contributed by atoms with Gasteiger partial charge in [0, 0.05) is 20.0 Å². The topological polar surface area (TPSA) is 61.4 Å². The summed E-state index contributed by atoms with van der Waals surface area (Å²) in [4.78, 5) is 22.9. The van der Waals surface area contributed by atoms with Crippen LogP contribution in [0.3, 0.4) is 0 Å². The van der Waals surface area contributed by atoms with Crippen LogP contribution in [-0.2, 0) is 9.59 Å². The van der Waals surface area contributed by atoms with E-state index in [0.29, 0.717) is 6.04 Å². The lowest BCUT2D eigenvalue weighted by atomic mass is 10.1. The van der Waals surface area contributed by atoms with E-state index in [9.17, 15) is 9.59 Å². The van der Waals surface area contributed by atoms with E-state index < -0.39 is 0 Å². The maximum atomic E-state index is 10.7. The van der Waals surface area contributed by atoms with Crippen LogP contribution in [0, 0.1) is 0 Å². The first-order chi connectivity index (χ1) is 7.99. The monoisotopic (exact) mass is 241 g/mol. The van der Waals surface area contributed by atoms with Crippen molar-refractivity contribution in [1.82, 2.24) is 15.5 Å². The fraction of sp³-hybridized carbons (Fsp3) is 0.667. The first-order valence-corrected chi connectivity index (χ1v) is 5.79. The number of hydrogen-bond donors (Lipinski definition) is 2. The van der Waals surface area contributed by atoms with Gasteiger partial charge in [0.2, 0.25) is 11.8 Å². The van der Waals surface area contributed by atoms with Crippen molar-refractivity contribution in [2.75, 3.05) is 27.2 Å². The fourth-order valence-electron chi connectivity index (χ4n) is 1.54. The smallest absolute Gasteiger partial charge is 0.243 e. The average molecular weight is 241 g/mol. The molecule has 5 nitrogen and oxygen atoms in total. The van der Waals surface area contributed by atoms with Crippen LogP contribution in [0.15, 0.2) is 12.7 Å². The van der Waals surface area contributed by atoms with Gasteiger partial charge >= 0.3 is 0 Å². The van der Waals surface area contributed by atoms with Gasteiger partial charge in [-0.2, -0.15) is 0 Å². The number of likely N-dealkylation sites (N-methyl/N-ethyl adjacent to an activating group) is 1. The summed E-state index contributed by atoms with van der Waals surface area (Å²) >= 11 is 0. The summed E-state index contributed by atoms with van der Waals surface area (Å²) in [5.74, 6) is -0.0467. The molecule has 0 aromatic rings. The average Bonchev–Trinajstić information content (AvgIpc) is 2.31. The molecule has 1 fully saturated rings. The molecule has 17 heavy (non-hydrogen) atoms. The number of hydrogen-bond acceptors (Lipinski definition) is 3. The van der Waals surface area contributed by atoms with E-state index in [2.05, 4.69) is 29.2 Å². The van der Waals surface area contributed by atoms with Crippen LogP contribution in [0.25, 0.3) is 0 Å². The maximum absolute atomic E-state index is 10.7. The molecule has 5 heteroatoms. The Hall–Kier alpha value is -1.36. The summed E-state index contributed by atoms with van der Waals surface area (Å²) in [6.45, 7) is 7.01. The molecule has 0 unspecified atom stereocenters. The molecule has 0 radical (unpaired) electrons. The van der Waals surface area contributed by atoms with Crippen molar-refractivity contribution < 1.29 is 9.59 Å². The third-order valence-corrected chi connectivity index (χ3v) is 2.56. The predicted molar refractivity (Wildman–Crippen MR) is 68.6 cm³/mol. The molecule has 0 bridgehead atoms. The Balaban J connectivity index is 0.000000366. The van der Waals surface area contributed by atoms with Crippen LogP contribution in [-0.4, -0.2) is 49.9 Å². The number of nitrogens with zero attached hydrogens (tertiary/aromatic N) is 1. The SMILES string of the molecule is C=CC(=O)NC.CC(=O)NC1CCN(C)CC1. The van der Waals surface area contributed by atoms with Crippen LogP contribution in [0.1, 0.15) is 19.8 Å². The molecular formula is C12H23N3O2. The Kier molecular flexibility index (Phi) is 8.05. The van der Waals surface area contributed by atoms with Gasteiger partial charge in [0.05, 0.1) is 0 Å². The second-order valence-electron chi connectivity index (χ2n) is 4.10. The van der Waals surface area contributed by atoms with Crippen LogP contribution in [0.2, 0.25) is 0 Å². The van der Waals surface area contributed by atoms with E-state index in [1.54, 1.807) is 14.0 Å². The standard InChI is InChI=1S/C8H16N2O.C4H7NO/c1-7(11)9-8-3-5-10(2)6-4-8;1-3-4(6)5-2/h8H,3-6H2,1-2H3,(H,9,11);3H,1H2,2H3,(H,5,6). The van der Waals surface area contributed by atoms with E-state index in [0.717, 1.165) is 25.9 Å². The van der Waals surface area contributed by atoms with Gasteiger partial charge in [-0.25, -0.2) is 0 Å². The minimum atomic E-state index is -0.144. The molecule has 1 aliphatic heterocycles. The molecule has 0 saturated carbocycles. The van der Waals surface area contributed by atoms with Crippen LogP contribution in [0.4, 0.5) is 0 Å². The van der Waals surface area contributed by atoms with Crippen molar-refractivity contribution >= 4 is 11.8 Å². The van der Waals surface area contributed by atoms with E-state index in [1.165, 1.54) is 6.08 Å². The fourth-order valence-corrected chi connectivity index (χ4v) is 1.54. The third-order valence-electron chi connectivity index (χ3n) is 2.56. The Morgan fingerprint density at radius 2 is 1.88 bits per heavy atom. The lowest BCUT2D eigenvalue weighted by molar-refractivity contribution is -0.120. The number of nitrogens with one attached hydrogen (secondary N) is 2. The third kappa shape index (κ3) is 8.45. The van der Waals surface area contributed by atoms with Gasteiger partial charge < -0.3 is 15.5 Å². The minimum absolute atomic E-state index is 0.0968. The van der Waals surface area contributed by atoms with Gasteiger partial charge in [-0.1, -0.05) is 6.58 Å². The summed E-state index contributed by atoms with van der Waals surface area (Å²) < 4.78 is 0. The molecular weight excluding hydrogens is 218 g/mol. The highest BCUT2D eigenvalue weighted by Crippen LogP contribution is 2.07. The Labute approximate surface area is 103 Å². The zero-order valence-corrected chi connectivity index (χ0v) is 11.0. The quantitative estimate of drug-likeness (QED) is 0.676. The number of amides is 2. The summed E-state index contributed by atoms with van der Waals surface area (Å²) in [6, 6.07) is 0.420. The summed E-state index contributed by atoms with van der Waals surface area (Å²) in [7, 11) is 3.67. The second-order valence-corrected chi connectivity index (χ2v) is 4.10. The highest BCUT2D eigenvalue weighted by molar-refractivity contribution is 5.86. The molecule has 1 aliphatic rings. The molecule has 0 aromatic carbocycles. The first-order valence-electron chi connectivity index (χ1n) is 5.79. The Morgan fingerprint density at radius 1 is 1.35 bits per heavy atom. The minimum Gasteiger partial charge on any atom is -0.356 e. The molecule has 0 aliphatic carbocycles. The highest BCUT2D eigenvalue weighted by atomic mass is 16.2. The van der Waals surface area contributed by atoms with E-state index in [1.807, 2.05) is 0 Å². The van der Waals surface area contributed by atoms with Gasteiger partial charge in [-0.3, -0.25) is 9.59 Å². The second kappa shape index (κ2) is 8.75. The van der Waals surface area contributed by atoms with Crippen LogP contribution < -0.4 is 10.6 Å². The molecule has 2 N–H and O–H groups in total. The van der Waals surface area contributed by atoms with Crippen molar-refractivity contribution in [2.24, 2.45) is 0 Å². The van der Waals surface area contributed by atoms with E-state index in [4.69, 9.17) is 0 Å². The van der Waals surface area contributed by atoms with Crippen LogP contribution >= 0.6 is 0 Å². The molecule has 0 spiro atoms. The number of likely N-dealkylation sites (tertiary alicyclic amines) is 1. The van der Waals surface area contributed by atoms with Crippen LogP contribution in [0.5, 0.6) is 0 Å². The Bertz CT molecular complexity index is 258.